The lowest BCUT2D eigenvalue weighted by Crippen LogP contribution is -2.07. The predicted octanol–water partition coefficient (Wildman–Crippen LogP) is 5.74. The Bertz CT molecular complexity index is 501. The average Bonchev–Trinajstić information content (AvgIpc) is 2.90. The van der Waals surface area contributed by atoms with E-state index in [0.29, 0.717) is 6.04 Å². The van der Waals surface area contributed by atoms with Crippen LogP contribution in [0.2, 0.25) is 0 Å². The molecule has 2 rings (SSSR count). The highest BCUT2D eigenvalue weighted by Gasteiger charge is 2.12. The van der Waals surface area contributed by atoms with Crippen molar-refractivity contribution in [1.82, 2.24) is 9.55 Å². The van der Waals surface area contributed by atoms with E-state index >= 15 is 0 Å². The Kier molecular flexibility index (Phi) is 6.10. The van der Waals surface area contributed by atoms with Crippen LogP contribution in [0.15, 0.2) is 30.6 Å². The molecule has 1 aromatic heterocycles. The molecule has 0 fully saturated rings. The molecule has 2 nitrogen and oxygen atoms in total. The maximum atomic E-state index is 4.54. The van der Waals surface area contributed by atoms with Crippen molar-refractivity contribution in [2.45, 2.75) is 71.3 Å². The van der Waals surface area contributed by atoms with Gasteiger partial charge in [0.25, 0.3) is 0 Å². The number of unbranched alkanes of at least 4 members (excludes halogenated alkanes) is 4. The molecule has 0 saturated carbocycles. The summed E-state index contributed by atoms with van der Waals surface area (Å²) in [5.74, 6) is 0. The first kappa shape index (κ1) is 15.1. The molecule has 1 heterocycles. The third kappa shape index (κ3) is 3.84. The molecule has 2 heteroatoms. The lowest BCUT2D eigenvalue weighted by molar-refractivity contribution is 0.417. The van der Waals surface area contributed by atoms with Gasteiger partial charge in [0.1, 0.15) is 0 Å². The predicted molar refractivity (Wildman–Crippen MR) is 87.1 cm³/mol. The Labute approximate surface area is 123 Å². The largest absolute Gasteiger partial charge is 0.327 e. The minimum absolute atomic E-state index is 0.619. The molecule has 0 amide bonds. The SMILES string of the molecule is CCCCCCCC(CCC)n1cnc2ccccc21. The molecular weight excluding hydrogens is 244 g/mol. The number of para-hydroxylation sites is 2. The Balaban J connectivity index is 2.00. The van der Waals surface area contributed by atoms with E-state index in [1.54, 1.807) is 0 Å². The fraction of sp³-hybridized carbons (Fsp3) is 0.611. The standard InChI is InChI=1S/C18H28N2/c1-3-5-6-7-8-12-16(11-4-2)20-15-19-17-13-9-10-14-18(17)20/h9-10,13-16H,3-8,11-12H2,1-2H3. The van der Waals surface area contributed by atoms with Gasteiger partial charge >= 0.3 is 0 Å². The summed E-state index contributed by atoms with van der Waals surface area (Å²) in [6, 6.07) is 9.11. The summed E-state index contributed by atoms with van der Waals surface area (Å²) in [7, 11) is 0. The maximum Gasteiger partial charge on any atom is 0.0960 e. The molecule has 20 heavy (non-hydrogen) atoms. The van der Waals surface area contributed by atoms with Crippen molar-refractivity contribution in [3.8, 4) is 0 Å². The molecule has 1 unspecified atom stereocenters. The molecule has 0 saturated heterocycles. The molecule has 0 aliphatic rings. The van der Waals surface area contributed by atoms with Gasteiger partial charge in [0.15, 0.2) is 0 Å². The quantitative estimate of drug-likeness (QED) is 0.532. The third-order valence-corrected chi connectivity index (χ3v) is 4.14. The Hall–Kier alpha value is -1.31. The van der Waals surface area contributed by atoms with Gasteiger partial charge in [0.05, 0.1) is 17.4 Å². The molecular formula is C18H28N2. The van der Waals surface area contributed by atoms with Crippen LogP contribution in [0.3, 0.4) is 0 Å². The Morgan fingerprint density at radius 3 is 2.55 bits per heavy atom. The van der Waals surface area contributed by atoms with Crippen LogP contribution in [0, 0.1) is 0 Å². The van der Waals surface area contributed by atoms with Crippen molar-refractivity contribution in [3.63, 3.8) is 0 Å². The molecule has 1 aromatic carbocycles. The molecule has 0 radical (unpaired) electrons. The minimum atomic E-state index is 0.619. The number of fused-ring (bicyclic) bond motifs is 1. The van der Waals surface area contributed by atoms with Crippen LogP contribution >= 0.6 is 0 Å². The molecule has 0 bridgehead atoms. The zero-order chi connectivity index (χ0) is 14.2. The molecule has 0 N–H and O–H groups in total. The first-order valence-corrected chi connectivity index (χ1v) is 8.28. The van der Waals surface area contributed by atoms with E-state index < -0.39 is 0 Å². The average molecular weight is 272 g/mol. The van der Waals surface area contributed by atoms with E-state index in [1.165, 1.54) is 56.9 Å². The van der Waals surface area contributed by atoms with Crippen LogP contribution in [0.1, 0.15) is 71.3 Å². The highest BCUT2D eigenvalue weighted by atomic mass is 15.1. The Morgan fingerprint density at radius 1 is 0.950 bits per heavy atom. The number of hydrogen-bond acceptors (Lipinski definition) is 1. The number of imidazole rings is 1. The van der Waals surface area contributed by atoms with Crippen LogP contribution in [-0.4, -0.2) is 9.55 Å². The van der Waals surface area contributed by atoms with E-state index in [0.717, 1.165) is 5.52 Å². The number of rotatable bonds is 9. The van der Waals surface area contributed by atoms with Crippen molar-refractivity contribution in [1.29, 1.82) is 0 Å². The van der Waals surface area contributed by atoms with Crippen molar-refractivity contribution < 1.29 is 0 Å². The summed E-state index contributed by atoms with van der Waals surface area (Å²) in [6.07, 6.45) is 12.6. The monoisotopic (exact) mass is 272 g/mol. The number of benzene rings is 1. The first-order chi connectivity index (χ1) is 9.86. The number of hydrogen-bond donors (Lipinski definition) is 0. The van der Waals surface area contributed by atoms with Gasteiger partial charge in [-0.2, -0.15) is 0 Å². The molecule has 0 spiro atoms. The molecule has 0 aliphatic carbocycles. The van der Waals surface area contributed by atoms with Crippen molar-refractivity contribution in [2.75, 3.05) is 0 Å². The molecule has 1 atom stereocenters. The lowest BCUT2D eigenvalue weighted by atomic mass is 10.0. The van der Waals surface area contributed by atoms with Gasteiger partial charge < -0.3 is 4.57 Å². The summed E-state index contributed by atoms with van der Waals surface area (Å²) in [5.41, 5.74) is 2.42. The third-order valence-electron chi connectivity index (χ3n) is 4.14. The molecule has 2 aromatic rings. The zero-order valence-corrected chi connectivity index (χ0v) is 13.0. The van der Waals surface area contributed by atoms with E-state index in [1.807, 2.05) is 6.33 Å². The van der Waals surface area contributed by atoms with Crippen LogP contribution in [-0.2, 0) is 0 Å². The Morgan fingerprint density at radius 2 is 1.75 bits per heavy atom. The van der Waals surface area contributed by atoms with Gasteiger partial charge in [-0.15, -0.1) is 0 Å². The zero-order valence-electron chi connectivity index (χ0n) is 13.0. The normalized spacial score (nSPS) is 12.9. The van der Waals surface area contributed by atoms with Crippen LogP contribution in [0.4, 0.5) is 0 Å². The van der Waals surface area contributed by atoms with Gasteiger partial charge in [0.2, 0.25) is 0 Å². The van der Waals surface area contributed by atoms with Crippen LogP contribution in [0.25, 0.3) is 11.0 Å². The van der Waals surface area contributed by atoms with Crippen molar-refractivity contribution in [2.24, 2.45) is 0 Å². The smallest absolute Gasteiger partial charge is 0.0960 e. The van der Waals surface area contributed by atoms with Crippen LogP contribution < -0.4 is 0 Å². The second-order valence-corrected chi connectivity index (χ2v) is 5.79. The van der Waals surface area contributed by atoms with E-state index in [9.17, 15) is 0 Å². The lowest BCUT2D eigenvalue weighted by Gasteiger charge is -2.19. The van der Waals surface area contributed by atoms with E-state index in [2.05, 4.69) is 47.7 Å². The summed E-state index contributed by atoms with van der Waals surface area (Å²) in [5, 5.41) is 0. The van der Waals surface area contributed by atoms with E-state index in [4.69, 9.17) is 0 Å². The fourth-order valence-electron chi connectivity index (χ4n) is 3.01. The first-order valence-electron chi connectivity index (χ1n) is 8.28. The van der Waals surface area contributed by atoms with Crippen molar-refractivity contribution >= 4 is 11.0 Å². The number of aromatic nitrogens is 2. The van der Waals surface area contributed by atoms with Gasteiger partial charge in [-0.3, -0.25) is 0 Å². The highest BCUT2D eigenvalue weighted by molar-refractivity contribution is 5.75. The summed E-state index contributed by atoms with van der Waals surface area (Å²) in [4.78, 5) is 4.54. The van der Waals surface area contributed by atoms with E-state index in [-0.39, 0.29) is 0 Å². The fourth-order valence-corrected chi connectivity index (χ4v) is 3.01. The van der Waals surface area contributed by atoms with Gasteiger partial charge in [-0.25, -0.2) is 4.98 Å². The highest BCUT2D eigenvalue weighted by Crippen LogP contribution is 2.26. The van der Waals surface area contributed by atoms with Gasteiger partial charge in [-0.05, 0) is 25.0 Å². The summed E-state index contributed by atoms with van der Waals surface area (Å²) < 4.78 is 2.40. The molecule has 110 valence electrons. The van der Waals surface area contributed by atoms with Crippen LogP contribution in [0.5, 0.6) is 0 Å². The second-order valence-electron chi connectivity index (χ2n) is 5.79. The summed E-state index contributed by atoms with van der Waals surface area (Å²) >= 11 is 0. The summed E-state index contributed by atoms with van der Waals surface area (Å²) in [6.45, 7) is 4.56. The van der Waals surface area contributed by atoms with Crippen molar-refractivity contribution in [3.05, 3.63) is 30.6 Å². The number of nitrogens with zero attached hydrogens (tertiary/aromatic N) is 2. The molecule has 0 aliphatic heterocycles. The van der Waals surface area contributed by atoms with Gasteiger partial charge in [0, 0.05) is 6.04 Å². The topological polar surface area (TPSA) is 17.8 Å². The second kappa shape index (κ2) is 8.08. The van der Waals surface area contributed by atoms with Gasteiger partial charge in [-0.1, -0.05) is 64.5 Å². The maximum absolute atomic E-state index is 4.54. The minimum Gasteiger partial charge on any atom is -0.327 e.